The van der Waals surface area contributed by atoms with Crippen LogP contribution in [0.15, 0.2) is 0 Å². The SMILES string of the molecule is O=C(O)C1(C2CCCNC2)CCCN1. The molecule has 0 spiro atoms. The highest BCUT2D eigenvalue weighted by molar-refractivity contribution is 5.79. The van der Waals surface area contributed by atoms with Crippen molar-refractivity contribution in [1.82, 2.24) is 10.6 Å². The molecule has 80 valence electrons. The number of carboxylic acid groups (broad SMARTS) is 1. The maximum absolute atomic E-state index is 11.3. The van der Waals surface area contributed by atoms with Crippen molar-refractivity contribution in [2.75, 3.05) is 19.6 Å². The lowest BCUT2D eigenvalue weighted by Crippen LogP contribution is -2.57. The molecule has 2 aliphatic heterocycles. The molecule has 0 radical (unpaired) electrons. The zero-order valence-electron chi connectivity index (χ0n) is 8.38. The summed E-state index contributed by atoms with van der Waals surface area (Å²) in [5, 5.41) is 15.8. The summed E-state index contributed by atoms with van der Waals surface area (Å²) in [6, 6.07) is 0. The largest absolute Gasteiger partial charge is 0.480 e. The van der Waals surface area contributed by atoms with Crippen LogP contribution in [0.2, 0.25) is 0 Å². The van der Waals surface area contributed by atoms with Gasteiger partial charge in [-0.3, -0.25) is 4.79 Å². The molecule has 0 saturated carbocycles. The van der Waals surface area contributed by atoms with Crippen LogP contribution in [-0.2, 0) is 4.79 Å². The number of rotatable bonds is 2. The highest BCUT2D eigenvalue weighted by Crippen LogP contribution is 2.32. The van der Waals surface area contributed by atoms with Crippen LogP contribution in [-0.4, -0.2) is 36.2 Å². The van der Waals surface area contributed by atoms with Gasteiger partial charge in [0.05, 0.1) is 0 Å². The minimum absolute atomic E-state index is 0.260. The van der Waals surface area contributed by atoms with Crippen molar-refractivity contribution in [2.24, 2.45) is 5.92 Å². The van der Waals surface area contributed by atoms with E-state index in [1.54, 1.807) is 0 Å². The number of hydrogen-bond donors (Lipinski definition) is 3. The fourth-order valence-electron chi connectivity index (χ4n) is 2.75. The van der Waals surface area contributed by atoms with E-state index in [2.05, 4.69) is 10.6 Å². The molecular formula is C10H18N2O2. The van der Waals surface area contributed by atoms with Gasteiger partial charge >= 0.3 is 5.97 Å². The Balaban J connectivity index is 2.12. The van der Waals surface area contributed by atoms with E-state index in [9.17, 15) is 9.90 Å². The fraction of sp³-hybridized carbons (Fsp3) is 0.900. The Labute approximate surface area is 84.1 Å². The second-order valence-electron chi connectivity index (χ2n) is 4.35. The van der Waals surface area contributed by atoms with Crippen molar-refractivity contribution in [3.8, 4) is 0 Å². The molecule has 2 unspecified atom stereocenters. The van der Waals surface area contributed by atoms with Gasteiger partial charge in [0.15, 0.2) is 0 Å². The number of piperidine rings is 1. The normalized spacial score (nSPS) is 38.4. The second kappa shape index (κ2) is 3.87. The molecule has 14 heavy (non-hydrogen) atoms. The van der Waals surface area contributed by atoms with Crippen LogP contribution in [0.1, 0.15) is 25.7 Å². The Kier molecular flexibility index (Phi) is 2.74. The number of carboxylic acids is 1. The van der Waals surface area contributed by atoms with E-state index in [1.807, 2.05) is 0 Å². The third kappa shape index (κ3) is 1.53. The van der Waals surface area contributed by atoms with Crippen LogP contribution in [0.3, 0.4) is 0 Å². The van der Waals surface area contributed by atoms with Crippen molar-refractivity contribution in [1.29, 1.82) is 0 Å². The molecule has 2 saturated heterocycles. The van der Waals surface area contributed by atoms with Crippen LogP contribution in [0, 0.1) is 5.92 Å². The van der Waals surface area contributed by atoms with Crippen molar-refractivity contribution < 1.29 is 9.90 Å². The van der Waals surface area contributed by atoms with Gasteiger partial charge < -0.3 is 15.7 Å². The molecule has 2 aliphatic rings. The summed E-state index contributed by atoms with van der Waals surface area (Å²) in [5.74, 6) is -0.403. The van der Waals surface area contributed by atoms with Gasteiger partial charge in [-0.15, -0.1) is 0 Å². The predicted molar refractivity (Wildman–Crippen MR) is 53.2 cm³/mol. The Morgan fingerprint density at radius 1 is 1.36 bits per heavy atom. The molecule has 0 aliphatic carbocycles. The molecule has 2 fully saturated rings. The van der Waals surface area contributed by atoms with Crippen LogP contribution >= 0.6 is 0 Å². The predicted octanol–water partition coefficient (Wildman–Crippen LogP) is 0.193. The Morgan fingerprint density at radius 3 is 2.71 bits per heavy atom. The molecular weight excluding hydrogens is 180 g/mol. The maximum Gasteiger partial charge on any atom is 0.324 e. The second-order valence-corrected chi connectivity index (χ2v) is 4.35. The number of carbonyl (C=O) groups is 1. The van der Waals surface area contributed by atoms with Gasteiger partial charge in [-0.25, -0.2) is 0 Å². The van der Waals surface area contributed by atoms with Crippen molar-refractivity contribution in [2.45, 2.75) is 31.2 Å². The minimum atomic E-state index is -0.663. The van der Waals surface area contributed by atoms with E-state index in [0.717, 1.165) is 45.3 Å². The van der Waals surface area contributed by atoms with Gasteiger partial charge in [-0.2, -0.15) is 0 Å². The average molecular weight is 198 g/mol. The highest BCUT2D eigenvalue weighted by Gasteiger charge is 2.47. The number of nitrogens with one attached hydrogen (secondary N) is 2. The average Bonchev–Trinajstić information content (AvgIpc) is 2.69. The van der Waals surface area contributed by atoms with Gasteiger partial charge in [-0.05, 0) is 38.8 Å². The molecule has 2 rings (SSSR count). The number of hydrogen-bond acceptors (Lipinski definition) is 3. The zero-order chi connectivity index (χ0) is 10.0. The molecule has 0 aromatic carbocycles. The lowest BCUT2D eigenvalue weighted by molar-refractivity contribution is -0.147. The summed E-state index contributed by atoms with van der Waals surface area (Å²) in [7, 11) is 0. The molecule has 4 heteroatoms. The van der Waals surface area contributed by atoms with Crippen LogP contribution in [0.4, 0.5) is 0 Å². The van der Waals surface area contributed by atoms with E-state index in [1.165, 1.54) is 0 Å². The molecule has 0 bridgehead atoms. The van der Waals surface area contributed by atoms with E-state index >= 15 is 0 Å². The molecule has 2 heterocycles. The lowest BCUT2D eigenvalue weighted by Gasteiger charge is -2.36. The minimum Gasteiger partial charge on any atom is -0.480 e. The Morgan fingerprint density at radius 2 is 2.21 bits per heavy atom. The summed E-state index contributed by atoms with van der Waals surface area (Å²) >= 11 is 0. The van der Waals surface area contributed by atoms with Crippen LogP contribution in [0.25, 0.3) is 0 Å². The van der Waals surface area contributed by atoms with Gasteiger partial charge in [-0.1, -0.05) is 0 Å². The van der Waals surface area contributed by atoms with Crippen LogP contribution < -0.4 is 10.6 Å². The summed E-state index contributed by atoms with van der Waals surface area (Å²) in [6.45, 7) is 2.73. The third-order valence-corrected chi connectivity index (χ3v) is 3.56. The molecule has 3 N–H and O–H groups in total. The molecule has 0 aromatic rings. The first-order chi connectivity index (χ1) is 6.76. The Hall–Kier alpha value is -0.610. The fourth-order valence-corrected chi connectivity index (χ4v) is 2.75. The lowest BCUT2D eigenvalue weighted by atomic mass is 9.78. The van der Waals surface area contributed by atoms with Crippen molar-refractivity contribution >= 4 is 5.97 Å². The van der Waals surface area contributed by atoms with E-state index < -0.39 is 11.5 Å². The standard InChI is InChI=1S/C10H18N2O2/c13-9(14)10(4-2-6-12-10)8-3-1-5-11-7-8/h8,11-12H,1-7H2,(H,13,14). The van der Waals surface area contributed by atoms with E-state index in [0.29, 0.717) is 0 Å². The number of aliphatic carboxylic acids is 1. The summed E-state index contributed by atoms with van der Waals surface area (Å²) in [6.07, 6.45) is 3.91. The summed E-state index contributed by atoms with van der Waals surface area (Å²) in [5.41, 5.74) is -0.632. The molecule has 4 nitrogen and oxygen atoms in total. The van der Waals surface area contributed by atoms with Crippen molar-refractivity contribution in [3.63, 3.8) is 0 Å². The van der Waals surface area contributed by atoms with Gasteiger partial charge in [0.1, 0.15) is 5.54 Å². The summed E-state index contributed by atoms with van der Waals surface area (Å²) in [4.78, 5) is 11.3. The van der Waals surface area contributed by atoms with Crippen molar-refractivity contribution in [3.05, 3.63) is 0 Å². The van der Waals surface area contributed by atoms with E-state index in [4.69, 9.17) is 0 Å². The zero-order valence-corrected chi connectivity index (χ0v) is 8.38. The first-order valence-electron chi connectivity index (χ1n) is 5.45. The first-order valence-corrected chi connectivity index (χ1v) is 5.45. The maximum atomic E-state index is 11.3. The van der Waals surface area contributed by atoms with Gasteiger partial charge in [0.2, 0.25) is 0 Å². The topological polar surface area (TPSA) is 61.4 Å². The quantitative estimate of drug-likeness (QED) is 0.593. The molecule has 2 atom stereocenters. The smallest absolute Gasteiger partial charge is 0.324 e. The Bertz CT molecular complexity index is 218. The van der Waals surface area contributed by atoms with E-state index in [-0.39, 0.29) is 5.92 Å². The third-order valence-electron chi connectivity index (χ3n) is 3.56. The van der Waals surface area contributed by atoms with Gasteiger partial charge in [0, 0.05) is 12.5 Å². The molecule has 0 aromatic heterocycles. The van der Waals surface area contributed by atoms with Gasteiger partial charge in [0.25, 0.3) is 0 Å². The summed E-state index contributed by atoms with van der Waals surface area (Å²) < 4.78 is 0. The monoisotopic (exact) mass is 198 g/mol. The highest BCUT2D eigenvalue weighted by atomic mass is 16.4. The first kappa shape index (κ1) is 9.93. The van der Waals surface area contributed by atoms with Crippen LogP contribution in [0.5, 0.6) is 0 Å². The molecule has 0 amide bonds.